The van der Waals surface area contributed by atoms with Gasteiger partial charge in [-0.15, -0.1) is 12.4 Å². The SMILES string of the molecule is CNCCC1CCN(C(=O)C2CCCN2C(C)=O)CC1.Cl. The fourth-order valence-electron chi connectivity index (χ4n) is 3.40. The number of likely N-dealkylation sites (tertiary alicyclic amines) is 2. The number of hydrogen-bond acceptors (Lipinski definition) is 3. The number of hydrogen-bond donors (Lipinski definition) is 1. The number of amides is 2. The van der Waals surface area contributed by atoms with Crippen molar-refractivity contribution in [1.82, 2.24) is 15.1 Å². The van der Waals surface area contributed by atoms with Crippen molar-refractivity contribution in [3.63, 3.8) is 0 Å². The average Bonchev–Trinajstić information content (AvgIpc) is 2.94. The van der Waals surface area contributed by atoms with Gasteiger partial charge in [0.05, 0.1) is 0 Å². The van der Waals surface area contributed by atoms with E-state index in [0.717, 1.165) is 57.8 Å². The van der Waals surface area contributed by atoms with E-state index in [9.17, 15) is 9.59 Å². The molecule has 2 aliphatic heterocycles. The van der Waals surface area contributed by atoms with Crippen molar-refractivity contribution in [3.8, 4) is 0 Å². The van der Waals surface area contributed by atoms with E-state index in [1.165, 1.54) is 6.42 Å². The summed E-state index contributed by atoms with van der Waals surface area (Å²) in [6.45, 7) is 5.07. The van der Waals surface area contributed by atoms with Crippen LogP contribution in [0.25, 0.3) is 0 Å². The summed E-state index contributed by atoms with van der Waals surface area (Å²) in [5.41, 5.74) is 0. The second-order valence-electron chi connectivity index (χ2n) is 6.03. The molecule has 122 valence electrons. The van der Waals surface area contributed by atoms with E-state index in [1.54, 1.807) is 11.8 Å². The predicted molar refractivity (Wildman–Crippen MR) is 85.5 cm³/mol. The predicted octanol–water partition coefficient (Wildman–Crippen LogP) is 1.27. The molecule has 0 saturated carbocycles. The van der Waals surface area contributed by atoms with Crippen LogP contribution in [0.1, 0.15) is 39.0 Å². The number of piperidine rings is 1. The first-order valence-corrected chi connectivity index (χ1v) is 7.84. The Morgan fingerprint density at radius 3 is 2.38 bits per heavy atom. The molecule has 1 N–H and O–H groups in total. The Morgan fingerprint density at radius 2 is 1.81 bits per heavy atom. The van der Waals surface area contributed by atoms with Crippen LogP contribution in [-0.2, 0) is 9.59 Å². The second-order valence-corrected chi connectivity index (χ2v) is 6.03. The van der Waals surface area contributed by atoms with Crippen molar-refractivity contribution in [2.24, 2.45) is 5.92 Å². The van der Waals surface area contributed by atoms with E-state index in [1.807, 2.05) is 11.9 Å². The molecule has 2 saturated heterocycles. The van der Waals surface area contributed by atoms with Crippen molar-refractivity contribution < 1.29 is 9.59 Å². The monoisotopic (exact) mass is 317 g/mol. The summed E-state index contributed by atoms with van der Waals surface area (Å²) < 4.78 is 0. The lowest BCUT2D eigenvalue weighted by Gasteiger charge is -2.35. The van der Waals surface area contributed by atoms with Crippen LogP contribution in [0.3, 0.4) is 0 Å². The summed E-state index contributed by atoms with van der Waals surface area (Å²) in [6, 6.07) is -0.193. The molecule has 1 atom stereocenters. The Kier molecular flexibility index (Phi) is 7.46. The summed E-state index contributed by atoms with van der Waals surface area (Å²) in [6.07, 6.45) is 5.18. The molecule has 6 heteroatoms. The maximum Gasteiger partial charge on any atom is 0.245 e. The van der Waals surface area contributed by atoms with Gasteiger partial charge in [-0.3, -0.25) is 9.59 Å². The fourth-order valence-corrected chi connectivity index (χ4v) is 3.40. The number of carbonyl (C=O) groups excluding carboxylic acids is 2. The minimum absolute atomic E-state index is 0. The third-order valence-electron chi connectivity index (χ3n) is 4.67. The lowest BCUT2D eigenvalue weighted by molar-refractivity contribution is -0.143. The van der Waals surface area contributed by atoms with Crippen molar-refractivity contribution in [2.75, 3.05) is 33.2 Å². The number of carbonyl (C=O) groups is 2. The van der Waals surface area contributed by atoms with Gasteiger partial charge >= 0.3 is 0 Å². The lowest BCUT2D eigenvalue weighted by Crippen LogP contribution is -2.49. The molecular formula is C15H28ClN3O2. The van der Waals surface area contributed by atoms with E-state index in [0.29, 0.717) is 0 Å². The van der Waals surface area contributed by atoms with Crippen LogP contribution in [0.15, 0.2) is 0 Å². The van der Waals surface area contributed by atoms with Gasteiger partial charge in [0.2, 0.25) is 11.8 Å². The van der Waals surface area contributed by atoms with Crippen molar-refractivity contribution in [1.29, 1.82) is 0 Å². The highest BCUT2D eigenvalue weighted by atomic mass is 35.5. The lowest BCUT2D eigenvalue weighted by atomic mass is 9.93. The van der Waals surface area contributed by atoms with Crippen LogP contribution in [0, 0.1) is 5.92 Å². The van der Waals surface area contributed by atoms with Crippen LogP contribution in [0.4, 0.5) is 0 Å². The van der Waals surface area contributed by atoms with Gasteiger partial charge in [-0.05, 0) is 51.6 Å². The quantitative estimate of drug-likeness (QED) is 0.849. The summed E-state index contributed by atoms with van der Waals surface area (Å²) in [7, 11) is 1.98. The number of nitrogens with zero attached hydrogens (tertiary/aromatic N) is 2. The topological polar surface area (TPSA) is 52.7 Å². The van der Waals surface area contributed by atoms with Crippen LogP contribution in [0.5, 0.6) is 0 Å². The Labute approximate surface area is 133 Å². The van der Waals surface area contributed by atoms with Crippen LogP contribution in [-0.4, -0.2) is 60.9 Å². The van der Waals surface area contributed by atoms with Crippen molar-refractivity contribution >= 4 is 24.2 Å². The Morgan fingerprint density at radius 1 is 1.14 bits per heavy atom. The Balaban J connectivity index is 0.00000220. The molecule has 0 aromatic heterocycles. The molecule has 0 radical (unpaired) electrons. The third kappa shape index (κ3) is 4.58. The fraction of sp³-hybridized carbons (Fsp3) is 0.867. The standard InChI is InChI=1S/C15H27N3O2.ClH/c1-12(19)18-9-3-4-14(18)15(20)17-10-6-13(7-11-17)5-8-16-2;/h13-14,16H,3-11H2,1-2H3;1H. The average molecular weight is 318 g/mol. The van der Waals surface area contributed by atoms with Crippen molar-refractivity contribution in [3.05, 3.63) is 0 Å². The van der Waals surface area contributed by atoms with Gasteiger partial charge in [0.15, 0.2) is 0 Å². The maximum atomic E-state index is 12.6. The molecule has 2 amide bonds. The summed E-state index contributed by atoms with van der Waals surface area (Å²) in [5.74, 6) is 0.938. The molecule has 2 rings (SSSR count). The molecule has 0 spiro atoms. The van der Waals surface area contributed by atoms with Crippen LogP contribution in [0.2, 0.25) is 0 Å². The van der Waals surface area contributed by atoms with E-state index < -0.39 is 0 Å². The third-order valence-corrected chi connectivity index (χ3v) is 4.67. The highest BCUT2D eigenvalue weighted by Crippen LogP contribution is 2.24. The van der Waals surface area contributed by atoms with Gasteiger partial charge in [-0.25, -0.2) is 0 Å². The van der Waals surface area contributed by atoms with Gasteiger partial charge in [-0.2, -0.15) is 0 Å². The van der Waals surface area contributed by atoms with Crippen LogP contribution >= 0.6 is 12.4 Å². The first-order valence-electron chi connectivity index (χ1n) is 7.84. The van der Waals surface area contributed by atoms with Gasteiger partial charge in [0.25, 0.3) is 0 Å². The molecule has 0 aromatic rings. The molecule has 0 bridgehead atoms. The van der Waals surface area contributed by atoms with Gasteiger partial charge in [0.1, 0.15) is 6.04 Å². The van der Waals surface area contributed by atoms with Crippen molar-refractivity contribution in [2.45, 2.75) is 45.1 Å². The zero-order chi connectivity index (χ0) is 14.5. The first kappa shape index (κ1) is 18.2. The zero-order valence-electron chi connectivity index (χ0n) is 13.1. The number of halogens is 1. The minimum atomic E-state index is -0.193. The molecule has 0 aromatic carbocycles. The van der Waals surface area contributed by atoms with E-state index in [-0.39, 0.29) is 30.3 Å². The Hall–Kier alpha value is -0.810. The first-order chi connectivity index (χ1) is 9.63. The highest BCUT2D eigenvalue weighted by Gasteiger charge is 2.36. The molecule has 0 aliphatic carbocycles. The molecule has 2 heterocycles. The zero-order valence-corrected chi connectivity index (χ0v) is 14.0. The molecule has 5 nitrogen and oxygen atoms in total. The molecule has 2 aliphatic rings. The molecule has 2 fully saturated rings. The summed E-state index contributed by atoms with van der Waals surface area (Å²) in [4.78, 5) is 27.8. The normalized spacial score (nSPS) is 23.0. The second kappa shape index (κ2) is 8.59. The molecule has 1 unspecified atom stereocenters. The van der Waals surface area contributed by atoms with Gasteiger partial charge in [0, 0.05) is 26.6 Å². The largest absolute Gasteiger partial charge is 0.341 e. The number of nitrogens with one attached hydrogen (secondary N) is 1. The van der Waals surface area contributed by atoms with E-state index in [2.05, 4.69) is 5.32 Å². The number of rotatable bonds is 4. The van der Waals surface area contributed by atoms with Gasteiger partial charge < -0.3 is 15.1 Å². The van der Waals surface area contributed by atoms with E-state index in [4.69, 9.17) is 0 Å². The minimum Gasteiger partial charge on any atom is -0.341 e. The maximum absolute atomic E-state index is 12.6. The van der Waals surface area contributed by atoms with E-state index >= 15 is 0 Å². The van der Waals surface area contributed by atoms with Gasteiger partial charge in [-0.1, -0.05) is 0 Å². The summed E-state index contributed by atoms with van der Waals surface area (Å²) >= 11 is 0. The Bertz CT molecular complexity index is 357. The summed E-state index contributed by atoms with van der Waals surface area (Å²) in [5, 5.41) is 3.19. The molecular weight excluding hydrogens is 290 g/mol. The molecule has 21 heavy (non-hydrogen) atoms. The highest BCUT2D eigenvalue weighted by molar-refractivity contribution is 5.87. The van der Waals surface area contributed by atoms with Crippen LogP contribution < -0.4 is 5.32 Å². The smallest absolute Gasteiger partial charge is 0.245 e.